The van der Waals surface area contributed by atoms with Gasteiger partial charge in [-0.25, -0.2) is 0 Å². The van der Waals surface area contributed by atoms with E-state index in [1.165, 1.54) is 0 Å². The maximum Gasteiger partial charge on any atom is 0.253 e. The molecule has 4 nitrogen and oxygen atoms in total. The van der Waals surface area contributed by atoms with Gasteiger partial charge < -0.3 is 10.0 Å². The van der Waals surface area contributed by atoms with E-state index in [4.69, 9.17) is 0 Å². The fourth-order valence-electron chi connectivity index (χ4n) is 3.41. The first-order valence-corrected chi connectivity index (χ1v) is 9.03. The van der Waals surface area contributed by atoms with Gasteiger partial charge in [0.1, 0.15) is 5.75 Å². The molecule has 136 valence electrons. The quantitative estimate of drug-likeness (QED) is 0.857. The van der Waals surface area contributed by atoms with Gasteiger partial charge in [-0.15, -0.1) is 6.58 Å². The van der Waals surface area contributed by atoms with Crippen LogP contribution in [0.2, 0.25) is 0 Å². The molecular weight excluding hydrogens is 324 g/mol. The number of aromatic hydroxyl groups is 1. The van der Waals surface area contributed by atoms with Crippen molar-refractivity contribution in [1.29, 1.82) is 0 Å². The summed E-state index contributed by atoms with van der Waals surface area (Å²) in [6.45, 7) is 11.9. The van der Waals surface area contributed by atoms with Gasteiger partial charge in [-0.05, 0) is 54.3 Å². The number of amides is 1. The van der Waals surface area contributed by atoms with Crippen molar-refractivity contribution in [1.82, 2.24) is 9.80 Å². The van der Waals surface area contributed by atoms with Crippen molar-refractivity contribution >= 4 is 5.91 Å². The molecule has 1 aliphatic heterocycles. The average Bonchev–Trinajstić information content (AvgIpc) is 2.67. The molecule has 0 unspecified atom stereocenters. The monoisotopic (exact) mass is 350 g/mol. The van der Waals surface area contributed by atoms with Gasteiger partial charge in [-0.3, -0.25) is 9.69 Å². The highest BCUT2D eigenvalue weighted by atomic mass is 16.3. The van der Waals surface area contributed by atoms with Gasteiger partial charge in [0.25, 0.3) is 5.91 Å². The molecule has 1 fully saturated rings. The number of benzene rings is 2. The number of rotatable bonds is 4. The molecule has 0 spiro atoms. The largest absolute Gasteiger partial charge is 0.508 e. The van der Waals surface area contributed by atoms with Crippen LogP contribution in [0.1, 0.15) is 21.5 Å². The van der Waals surface area contributed by atoms with Gasteiger partial charge in [0.05, 0.1) is 0 Å². The molecule has 2 aromatic rings. The molecular formula is C22H26N2O2. The van der Waals surface area contributed by atoms with E-state index < -0.39 is 0 Å². The fourth-order valence-corrected chi connectivity index (χ4v) is 3.41. The first-order valence-electron chi connectivity index (χ1n) is 9.03. The zero-order valence-electron chi connectivity index (χ0n) is 15.5. The van der Waals surface area contributed by atoms with Crippen molar-refractivity contribution in [3.8, 4) is 16.9 Å². The molecule has 0 aromatic heterocycles. The second-order valence-corrected chi connectivity index (χ2v) is 6.84. The van der Waals surface area contributed by atoms with Crippen molar-refractivity contribution in [2.45, 2.75) is 13.8 Å². The number of hydrogen-bond acceptors (Lipinski definition) is 3. The highest BCUT2D eigenvalue weighted by Crippen LogP contribution is 2.30. The highest BCUT2D eigenvalue weighted by molar-refractivity contribution is 5.94. The maximum atomic E-state index is 12.7. The minimum atomic E-state index is 0.0911. The van der Waals surface area contributed by atoms with E-state index in [-0.39, 0.29) is 5.91 Å². The summed E-state index contributed by atoms with van der Waals surface area (Å²) in [6.07, 6.45) is 1.91. The Morgan fingerprint density at radius 2 is 1.69 bits per heavy atom. The maximum absolute atomic E-state index is 12.7. The van der Waals surface area contributed by atoms with Crippen LogP contribution in [0.25, 0.3) is 11.1 Å². The molecule has 0 saturated carbocycles. The lowest BCUT2D eigenvalue weighted by atomic mass is 9.95. The third-order valence-corrected chi connectivity index (χ3v) is 5.25. The first kappa shape index (κ1) is 18.2. The molecule has 4 heteroatoms. The van der Waals surface area contributed by atoms with Crippen LogP contribution >= 0.6 is 0 Å². The van der Waals surface area contributed by atoms with Crippen molar-refractivity contribution < 1.29 is 9.90 Å². The summed E-state index contributed by atoms with van der Waals surface area (Å²) in [5.41, 5.74) is 4.80. The highest BCUT2D eigenvalue weighted by Gasteiger charge is 2.21. The normalized spacial score (nSPS) is 15.1. The van der Waals surface area contributed by atoms with Gasteiger partial charge in [0.15, 0.2) is 0 Å². The Hall–Kier alpha value is -2.59. The molecule has 26 heavy (non-hydrogen) atoms. The Bertz CT molecular complexity index is 804. The Kier molecular flexibility index (Phi) is 5.43. The topological polar surface area (TPSA) is 43.8 Å². The Morgan fingerprint density at radius 1 is 1.04 bits per heavy atom. The molecule has 0 atom stereocenters. The SMILES string of the molecule is C=CCN1CCN(C(=O)c2ccc(-c3ccc(O)c(C)c3C)cc2)CC1. The molecule has 1 amide bonds. The number of nitrogens with zero attached hydrogens (tertiary/aromatic N) is 2. The first-order chi connectivity index (χ1) is 12.5. The third kappa shape index (κ3) is 3.65. The average molecular weight is 350 g/mol. The van der Waals surface area contributed by atoms with E-state index in [2.05, 4.69) is 11.5 Å². The van der Waals surface area contributed by atoms with Gasteiger partial charge in [-0.1, -0.05) is 24.3 Å². The zero-order chi connectivity index (χ0) is 18.7. The smallest absolute Gasteiger partial charge is 0.253 e. The van der Waals surface area contributed by atoms with Crippen LogP contribution in [0.4, 0.5) is 0 Å². The number of carbonyl (C=O) groups excluding carboxylic acids is 1. The molecule has 0 bridgehead atoms. The van der Waals surface area contributed by atoms with Crippen LogP contribution in [-0.2, 0) is 0 Å². The summed E-state index contributed by atoms with van der Waals surface area (Å²) in [4.78, 5) is 17.0. The molecule has 2 aromatic carbocycles. The lowest BCUT2D eigenvalue weighted by Gasteiger charge is -2.34. The van der Waals surface area contributed by atoms with E-state index in [9.17, 15) is 9.90 Å². The molecule has 0 radical (unpaired) electrons. The molecule has 1 heterocycles. The molecule has 1 saturated heterocycles. The molecule has 3 rings (SSSR count). The van der Waals surface area contributed by atoms with Crippen molar-refractivity contribution in [2.24, 2.45) is 0 Å². The van der Waals surface area contributed by atoms with E-state index in [1.807, 2.05) is 55.2 Å². The summed E-state index contributed by atoms with van der Waals surface area (Å²) >= 11 is 0. The summed E-state index contributed by atoms with van der Waals surface area (Å²) in [5, 5.41) is 9.83. The van der Waals surface area contributed by atoms with E-state index in [0.717, 1.165) is 60.5 Å². The summed E-state index contributed by atoms with van der Waals surface area (Å²) in [7, 11) is 0. The van der Waals surface area contributed by atoms with Gasteiger partial charge in [0, 0.05) is 38.3 Å². The zero-order valence-corrected chi connectivity index (χ0v) is 15.5. The van der Waals surface area contributed by atoms with Crippen LogP contribution in [0.15, 0.2) is 49.1 Å². The minimum Gasteiger partial charge on any atom is -0.508 e. The van der Waals surface area contributed by atoms with Crippen LogP contribution in [0.3, 0.4) is 0 Å². The number of piperazine rings is 1. The van der Waals surface area contributed by atoms with Crippen LogP contribution in [0.5, 0.6) is 5.75 Å². The van der Waals surface area contributed by atoms with Gasteiger partial charge >= 0.3 is 0 Å². The second kappa shape index (κ2) is 7.75. The lowest BCUT2D eigenvalue weighted by molar-refractivity contribution is 0.0650. The molecule has 1 aliphatic rings. The molecule has 1 N–H and O–H groups in total. The van der Waals surface area contributed by atoms with Crippen LogP contribution in [0, 0.1) is 13.8 Å². The summed E-state index contributed by atoms with van der Waals surface area (Å²) < 4.78 is 0. The summed E-state index contributed by atoms with van der Waals surface area (Å²) in [6, 6.07) is 11.4. The predicted molar refractivity (Wildman–Crippen MR) is 106 cm³/mol. The number of carbonyl (C=O) groups is 1. The third-order valence-electron chi connectivity index (χ3n) is 5.25. The van der Waals surface area contributed by atoms with Crippen molar-refractivity contribution in [2.75, 3.05) is 32.7 Å². The summed E-state index contributed by atoms with van der Waals surface area (Å²) in [5.74, 6) is 0.405. The van der Waals surface area contributed by atoms with Crippen LogP contribution in [-0.4, -0.2) is 53.5 Å². The number of hydrogen-bond donors (Lipinski definition) is 1. The fraction of sp³-hybridized carbons (Fsp3) is 0.318. The molecule has 0 aliphatic carbocycles. The number of phenols is 1. The predicted octanol–water partition coefficient (Wildman–Crippen LogP) is 3.62. The van der Waals surface area contributed by atoms with Gasteiger partial charge in [-0.2, -0.15) is 0 Å². The Morgan fingerprint density at radius 3 is 2.31 bits per heavy atom. The Balaban J connectivity index is 1.73. The van der Waals surface area contributed by atoms with Crippen molar-refractivity contribution in [3.63, 3.8) is 0 Å². The van der Waals surface area contributed by atoms with Gasteiger partial charge in [0.2, 0.25) is 0 Å². The number of phenolic OH excluding ortho intramolecular Hbond substituents is 1. The van der Waals surface area contributed by atoms with Crippen molar-refractivity contribution in [3.05, 3.63) is 65.7 Å². The standard InChI is InChI=1S/C22H26N2O2/c1-4-11-23-12-14-24(15-13-23)22(26)19-7-5-18(6-8-19)20-9-10-21(25)17(3)16(20)2/h4-10,25H,1,11-15H2,2-3H3. The van der Waals surface area contributed by atoms with Crippen LogP contribution < -0.4 is 0 Å². The Labute approximate surface area is 155 Å². The lowest BCUT2D eigenvalue weighted by Crippen LogP contribution is -2.48. The van der Waals surface area contributed by atoms with E-state index >= 15 is 0 Å². The second-order valence-electron chi connectivity index (χ2n) is 6.84. The van der Waals surface area contributed by atoms with E-state index in [1.54, 1.807) is 6.07 Å². The minimum absolute atomic E-state index is 0.0911. The van der Waals surface area contributed by atoms with E-state index in [0.29, 0.717) is 5.75 Å².